The zero-order valence-electron chi connectivity index (χ0n) is 9.67. The van der Waals surface area contributed by atoms with Crippen molar-refractivity contribution in [3.05, 3.63) is 23.1 Å². The first-order valence-corrected chi connectivity index (χ1v) is 6.46. The van der Waals surface area contributed by atoms with Gasteiger partial charge in [-0.2, -0.15) is 0 Å². The van der Waals surface area contributed by atoms with E-state index >= 15 is 0 Å². The zero-order valence-corrected chi connectivity index (χ0v) is 11.3. The molecule has 0 N–H and O–H groups in total. The lowest BCUT2D eigenvalue weighted by Crippen LogP contribution is -2.45. The summed E-state index contributed by atoms with van der Waals surface area (Å²) in [7, 11) is 2.15. The number of anilines is 1. The second kappa shape index (κ2) is 4.27. The van der Waals surface area contributed by atoms with Gasteiger partial charge in [0.05, 0.1) is 4.47 Å². The Kier molecular flexibility index (Phi) is 2.76. The smallest absolute Gasteiger partial charge is 0.211 e. The predicted octanol–water partition coefficient (Wildman–Crippen LogP) is 1.24. The molecule has 0 aliphatic carbocycles. The lowest BCUT2D eigenvalue weighted by molar-refractivity contribution is 0.311. The second-order valence-electron chi connectivity index (χ2n) is 4.32. The molecule has 0 aromatic carbocycles. The van der Waals surface area contributed by atoms with Gasteiger partial charge in [0.25, 0.3) is 0 Å². The molecule has 0 amide bonds. The molecule has 1 fully saturated rings. The fourth-order valence-electron chi connectivity index (χ4n) is 2.12. The lowest BCUT2D eigenvalue weighted by atomic mass is 10.3. The van der Waals surface area contributed by atoms with Crippen LogP contribution in [0, 0.1) is 0 Å². The van der Waals surface area contributed by atoms with Gasteiger partial charge in [-0.15, -0.1) is 0 Å². The van der Waals surface area contributed by atoms with E-state index in [9.17, 15) is 0 Å². The maximum Gasteiger partial charge on any atom is 0.211 e. The van der Waals surface area contributed by atoms with Crippen LogP contribution in [0.5, 0.6) is 0 Å². The topological polar surface area (TPSA) is 36.7 Å². The first kappa shape index (κ1) is 11.0. The van der Waals surface area contributed by atoms with E-state index in [2.05, 4.69) is 42.7 Å². The summed E-state index contributed by atoms with van der Waals surface area (Å²) in [4.78, 5) is 13.5. The summed E-state index contributed by atoms with van der Waals surface area (Å²) in [6.45, 7) is 4.18. The average molecular weight is 296 g/mol. The number of hydrogen-bond acceptors (Lipinski definition) is 4. The summed E-state index contributed by atoms with van der Waals surface area (Å²) in [6.07, 6.45) is 5.60. The van der Waals surface area contributed by atoms with Gasteiger partial charge in [-0.1, -0.05) is 0 Å². The highest BCUT2D eigenvalue weighted by Gasteiger charge is 2.18. The molecule has 0 spiro atoms. The Hall–Kier alpha value is -1.14. The quantitative estimate of drug-likeness (QED) is 0.793. The first-order chi connectivity index (χ1) is 8.25. The molecule has 2 aromatic rings. The summed E-state index contributed by atoms with van der Waals surface area (Å²) >= 11 is 3.47. The van der Waals surface area contributed by atoms with E-state index in [-0.39, 0.29) is 0 Å². The van der Waals surface area contributed by atoms with Crippen LogP contribution in [0.15, 0.2) is 23.1 Å². The van der Waals surface area contributed by atoms with Gasteiger partial charge in [0, 0.05) is 44.8 Å². The lowest BCUT2D eigenvalue weighted by Gasteiger charge is -2.33. The van der Waals surface area contributed by atoms with Gasteiger partial charge in [-0.3, -0.25) is 4.40 Å². The summed E-state index contributed by atoms with van der Waals surface area (Å²) in [5, 5.41) is 0. The number of fused-ring (bicyclic) bond motifs is 1. The Bertz CT molecular complexity index is 530. The number of hydrogen-bond donors (Lipinski definition) is 0. The monoisotopic (exact) mass is 295 g/mol. The van der Waals surface area contributed by atoms with Crippen molar-refractivity contribution in [2.24, 2.45) is 0 Å². The van der Waals surface area contributed by atoms with E-state index in [4.69, 9.17) is 0 Å². The van der Waals surface area contributed by atoms with Crippen LogP contribution in [0.2, 0.25) is 0 Å². The van der Waals surface area contributed by atoms with Crippen LogP contribution in [0.4, 0.5) is 5.95 Å². The maximum atomic E-state index is 4.51. The fourth-order valence-corrected chi connectivity index (χ4v) is 2.51. The van der Waals surface area contributed by atoms with Gasteiger partial charge in [0.1, 0.15) is 0 Å². The Morgan fingerprint density at radius 3 is 2.71 bits per heavy atom. The third-order valence-corrected chi connectivity index (χ3v) is 3.71. The molecule has 1 aliphatic heterocycles. The van der Waals surface area contributed by atoms with Gasteiger partial charge in [0.2, 0.25) is 5.95 Å². The van der Waals surface area contributed by atoms with Crippen molar-refractivity contribution in [1.82, 2.24) is 19.3 Å². The van der Waals surface area contributed by atoms with Crippen LogP contribution in [0.25, 0.3) is 5.65 Å². The van der Waals surface area contributed by atoms with Gasteiger partial charge >= 0.3 is 0 Å². The normalized spacial score (nSPS) is 17.9. The van der Waals surface area contributed by atoms with Crippen LogP contribution in [-0.2, 0) is 0 Å². The Labute approximate surface area is 108 Å². The maximum absolute atomic E-state index is 4.51. The van der Waals surface area contributed by atoms with E-state index in [1.165, 1.54) is 0 Å². The Morgan fingerprint density at radius 2 is 1.94 bits per heavy atom. The SMILES string of the molecule is CN1CCN(c2ncc(Br)c3nccn23)CC1. The molecular formula is C11H14BrN5. The van der Waals surface area contributed by atoms with E-state index in [1.807, 2.05) is 16.8 Å². The molecule has 0 bridgehead atoms. The molecule has 5 nitrogen and oxygen atoms in total. The standard InChI is InChI=1S/C11H14BrN5/c1-15-4-6-16(7-5-15)11-14-8-9(12)10-13-2-3-17(10)11/h2-3,8H,4-7H2,1H3. The molecule has 0 saturated carbocycles. The minimum Gasteiger partial charge on any atom is -0.339 e. The van der Waals surface area contributed by atoms with Crippen LogP contribution < -0.4 is 4.90 Å². The minimum atomic E-state index is 0.925. The third-order valence-electron chi connectivity index (χ3n) is 3.15. The first-order valence-electron chi connectivity index (χ1n) is 5.67. The summed E-state index contributed by atoms with van der Waals surface area (Å²) in [5.74, 6) is 0.980. The van der Waals surface area contributed by atoms with Gasteiger partial charge in [-0.05, 0) is 23.0 Å². The minimum absolute atomic E-state index is 0.925. The van der Waals surface area contributed by atoms with Crippen LogP contribution in [0.1, 0.15) is 0 Å². The van der Waals surface area contributed by atoms with Gasteiger partial charge in [-0.25, -0.2) is 9.97 Å². The Balaban J connectivity index is 2.00. The van der Waals surface area contributed by atoms with Crippen molar-refractivity contribution < 1.29 is 0 Å². The third kappa shape index (κ3) is 1.91. The molecule has 17 heavy (non-hydrogen) atoms. The van der Waals surface area contributed by atoms with Crippen molar-refractivity contribution >= 4 is 27.5 Å². The molecule has 0 unspecified atom stereocenters. The number of rotatable bonds is 1. The van der Waals surface area contributed by atoms with Gasteiger partial charge < -0.3 is 9.80 Å². The zero-order chi connectivity index (χ0) is 11.8. The largest absolute Gasteiger partial charge is 0.339 e. The number of imidazole rings is 1. The number of aromatic nitrogens is 3. The number of halogens is 1. The van der Waals surface area contributed by atoms with Gasteiger partial charge in [0.15, 0.2) is 5.65 Å². The van der Waals surface area contributed by atoms with Crippen molar-refractivity contribution in [1.29, 1.82) is 0 Å². The van der Waals surface area contributed by atoms with Crippen LogP contribution in [0.3, 0.4) is 0 Å². The average Bonchev–Trinajstić information content (AvgIpc) is 2.81. The van der Waals surface area contributed by atoms with Crippen molar-refractivity contribution in [3.63, 3.8) is 0 Å². The van der Waals surface area contributed by atoms with Crippen LogP contribution >= 0.6 is 15.9 Å². The van der Waals surface area contributed by atoms with Crippen molar-refractivity contribution in [2.45, 2.75) is 0 Å². The van der Waals surface area contributed by atoms with E-state index in [0.717, 1.165) is 42.2 Å². The molecule has 0 radical (unpaired) electrons. The van der Waals surface area contributed by atoms with E-state index in [1.54, 1.807) is 6.20 Å². The number of likely N-dealkylation sites (N-methyl/N-ethyl adjacent to an activating group) is 1. The van der Waals surface area contributed by atoms with E-state index < -0.39 is 0 Å². The highest BCUT2D eigenvalue weighted by Crippen LogP contribution is 2.21. The van der Waals surface area contributed by atoms with Crippen LogP contribution in [-0.4, -0.2) is 52.5 Å². The Morgan fingerprint density at radius 1 is 1.18 bits per heavy atom. The molecule has 1 saturated heterocycles. The molecule has 3 rings (SSSR count). The predicted molar refractivity (Wildman–Crippen MR) is 70.4 cm³/mol. The van der Waals surface area contributed by atoms with Crippen molar-refractivity contribution in [2.75, 3.05) is 38.1 Å². The molecule has 90 valence electrons. The highest BCUT2D eigenvalue weighted by molar-refractivity contribution is 9.10. The fraction of sp³-hybridized carbons (Fsp3) is 0.455. The number of nitrogens with zero attached hydrogens (tertiary/aromatic N) is 5. The molecule has 3 heterocycles. The number of piperazine rings is 1. The molecule has 2 aromatic heterocycles. The molecule has 1 aliphatic rings. The molecule has 0 atom stereocenters. The van der Waals surface area contributed by atoms with Crippen molar-refractivity contribution in [3.8, 4) is 0 Å². The van der Waals surface area contributed by atoms with E-state index in [0.29, 0.717) is 0 Å². The highest BCUT2D eigenvalue weighted by atomic mass is 79.9. The molecule has 6 heteroatoms. The summed E-state index contributed by atoms with van der Waals surface area (Å²) in [6, 6.07) is 0. The molecular weight excluding hydrogens is 282 g/mol. The summed E-state index contributed by atoms with van der Waals surface area (Å²) in [5.41, 5.74) is 0.925. The summed E-state index contributed by atoms with van der Waals surface area (Å²) < 4.78 is 2.97. The second-order valence-corrected chi connectivity index (χ2v) is 5.17.